The molecule has 1 rings (SSSR count). The van der Waals surface area contributed by atoms with Gasteiger partial charge in [0.2, 0.25) is 0 Å². The second-order valence-corrected chi connectivity index (χ2v) is 5.54. The van der Waals surface area contributed by atoms with Crippen molar-refractivity contribution in [3.8, 4) is 0 Å². The van der Waals surface area contributed by atoms with Crippen molar-refractivity contribution >= 4 is 0 Å². The molecule has 0 spiro atoms. The third kappa shape index (κ3) is 4.37. The number of nitrogens with zero attached hydrogens (tertiary/aromatic N) is 1. The van der Waals surface area contributed by atoms with E-state index in [4.69, 9.17) is 10.6 Å². The molecule has 4 nitrogen and oxygen atoms in total. The van der Waals surface area contributed by atoms with Gasteiger partial charge in [-0.1, -0.05) is 26.8 Å². The molecular formula is C14H25N3O. The molecule has 0 fully saturated rings. The van der Waals surface area contributed by atoms with Crippen molar-refractivity contribution in [3.05, 3.63) is 30.1 Å². The van der Waals surface area contributed by atoms with Gasteiger partial charge < -0.3 is 4.74 Å². The molecule has 0 aliphatic carbocycles. The molecule has 0 aliphatic heterocycles. The van der Waals surface area contributed by atoms with Crippen LogP contribution in [0.5, 0.6) is 0 Å². The Morgan fingerprint density at radius 3 is 2.56 bits per heavy atom. The maximum Gasteiger partial charge on any atom is 0.0793 e. The second kappa shape index (κ2) is 6.83. The van der Waals surface area contributed by atoms with E-state index in [9.17, 15) is 0 Å². The quantitative estimate of drug-likeness (QED) is 0.599. The summed E-state index contributed by atoms with van der Waals surface area (Å²) < 4.78 is 5.86. The van der Waals surface area contributed by atoms with E-state index < -0.39 is 0 Å². The van der Waals surface area contributed by atoms with Gasteiger partial charge in [-0.05, 0) is 24.5 Å². The Balaban J connectivity index is 2.79. The van der Waals surface area contributed by atoms with E-state index in [2.05, 4.69) is 31.2 Å². The number of rotatable bonds is 6. The van der Waals surface area contributed by atoms with Crippen LogP contribution < -0.4 is 11.3 Å². The minimum absolute atomic E-state index is 0.0296. The second-order valence-electron chi connectivity index (χ2n) is 5.54. The number of hydrogen-bond donors (Lipinski definition) is 2. The van der Waals surface area contributed by atoms with Gasteiger partial charge in [0.25, 0.3) is 0 Å². The molecule has 102 valence electrons. The van der Waals surface area contributed by atoms with Crippen LogP contribution in [0.1, 0.15) is 33.4 Å². The summed E-state index contributed by atoms with van der Waals surface area (Å²) >= 11 is 0. The summed E-state index contributed by atoms with van der Waals surface area (Å²) in [6.07, 6.45) is 2.61. The predicted octanol–water partition coefficient (Wildman–Crippen LogP) is 1.91. The minimum atomic E-state index is 0.0296. The van der Waals surface area contributed by atoms with E-state index in [0.29, 0.717) is 6.61 Å². The maximum absolute atomic E-state index is 5.86. The van der Waals surface area contributed by atoms with E-state index in [1.54, 1.807) is 6.20 Å². The average molecular weight is 251 g/mol. The van der Waals surface area contributed by atoms with Gasteiger partial charge in [-0.15, -0.1) is 0 Å². The molecule has 1 aromatic rings. The van der Waals surface area contributed by atoms with Crippen LogP contribution in [-0.2, 0) is 11.2 Å². The summed E-state index contributed by atoms with van der Waals surface area (Å²) in [7, 11) is 0. The molecular weight excluding hydrogens is 226 g/mol. The largest absolute Gasteiger partial charge is 0.376 e. The normalized spacial score (nSPS) is 15.4. The SMILES string of the molecule is CCOC(C(Cc1ccccn1)NN)C(C)(C)C. The number of nitrogens with one attached hydrogen (secondary N) is 1. The van der Waals surface area contributed by atoms with E-state index >= 15 is 0 Å². The number of pyridine rings is 1. The Morgan fingerprint density at radius 2 is 2.11 bits per heavy atom. The predicted molar refractivity (Wildman–Crippen MR) is 73.9 cm³/mol. The highest BCUT2D eigenvalue weighted by Gasteiger charge is 2.32. The zero-order valence-corrected chi connectivity index (χ0v) is 11.8. The third-order valence-electron chi connectivity index (χ3n) is 2.93. The van der Waals surface area contributed by atoms with Crippen molar-refractivity contribution in [2.45, 2.75) is 46.3 Å². The smallest absolute Gasteiger partial charge is 0.0793 e. The molecule has 0 aromatic carbocycles. The van der Waals surface area contributed by atoms with Gasteiger partial charge >= 0.3 is 0 Å². The minimum Gasteiger partial charge on any atom is -0.376 e. The number of aromatic nitrogens is 1. The topological polar surface area (TPSA) is 60.2 Å². The van der Waals surface area contributed by atoms with Gasteiger partial charge in [-0.25, -0.2) is 0 Å². The van der Waals surface area contributed by atoms with Gasteiger partial charge in [0.1, 0.15) is 0 Å². The average Bonchev–Trinajstić information content (AvgIpc) is 2.33. The van der Waals surface area contributed by atoms with E-state index in [1.165, 1.54) is 0 Å². The van der Waals surface area contributed by atoms with Gasteiger partial charge in [0.15, 0.2) is 0 Å². The zero-order chi connectivity index (χ0) is 13.6. The molecule has 0 amide bonds. The highest BCUT2D eigenvalue weighted by molar-refractivity contribution is 5.06. The lowest BCUT2D eigenvalue weighted by Gasteiger charge is -2.36. The molecule has 0 aliphatic rings. The Morgan fingerprint density at radius 1 is 1.39 bits per heavy atom. The van der Waals surface area contributed by atoms with E-state index in [-0.39, 0.29) is 17.6 Å². The summed E-state index contributed by atoms with van der Waals surface area (Å²) in [5.41, 5.74) is 3.93. The lowest BCUT2D eigenvalue weighted by molar-refractivity contribution is -0.0357. The Hall–Kier alpha value is -0.970. The maximum atomic E-state index is 5.86. The van der Waals surface area contributed by atoms with Crippen molar-refractivity contribution in [3.63, 3.8) is 0 Å². The van der Waals surface area contributed by atoms with Gasteiger partial charge in [0, 0.05) is 24.9 Å². The molecule has 18 heavy (non-hydrogen) atoms. The van der Waals surface area contributed by atoms with Crippen LogP contribution >= 0.6 is 0 Å². The van der Waals surface area contributed by atoms with E-state index in [0.717, 1.165) is 12.1 Å². The van der Waals surface area contributed by atoms with Crippen LogP contribution in [0.3, 0.4) is 0 Å². The highest BCUT2D eigenvalue weighted by atomic mass is 16.5. The fourth-order valence-electron chi connectivity index (χ4n) is 2.15. The van der Waals surface area contributed by atoms with Gasteiger partial charge in [-0.2, -0.15) is 0 Å². The highest BCUT2D eigenvalue weighted by Crippen LogP contribution is 2.26. The Kier molecular flexibility index (Phi) is 5.72. The summed E-state index contributed by atoms with van der Waals surface area (Å²) in [5.74, 6) is 5.69. The van der Waals surface area contributed by atoms with Crippen LogP contribution in [0.15, 0.2) is 24.4 Å². The Labute approximate surface area is 110 Å². The number of hydrazine groups is 1. The first-order valence-electron chi connectivity index (χ1n) is 6.46. The lowest BCUT2D eigenvalue weighted by Crippen LogP contribution is -2.52. The van der Waals surface area contributed by atoms with Crippen LogP contribution in [0, 0.1) is 5.41 Å². The van der Waals surface area contributed by atoms with Crippen LogP contribution in [-0.4, -0.2) is 23.7 Å². The van der Waals surface area contributed by atoms with Crippen molar-refractivity contribution in [2.75, 3.05) is 6.61 Å². The monoisotopic (exact) mass is 251 g/mol. The Bertz CT molecular complexity index is 335. The number of nitrogens with two attached hydrogens (primary N) is 1. The number of ether oxygens (including phenoxy) is 1. The fourth-order valence-corrected chi connectivity index (χ4v) is 2.15. The van der Waals surface area contributed by atoms with Gasteiger partial charge in [0.05, 0.1) is 12.1 Å². The molecule has 2 atom stereocenters. The molecule has 1 heterocycles. The van der Waals surface area contributed by atoms with Crippen molar-refractivity contribution < 1.29 is 4.74 Å². The van der Waals surface area contributed by atoms with Crippen LogP contribution in [0.2, 0.25) is 0 Å². The summed E-state index contributed by atoms with van der Waals surface area (Å²) in [6.45, 7) is 9.18. The summed E-state index contributed by atoms with van der Waals surface area (Å²) in [6, 6.07) is 5.97. The van der Waals surface area contributed by atoms with Crippen molar-refractivity contribution in [1.29, 1.82) is 0 Å². The standard InChI is InChI=1S/C14H25N3O/c1-5-18-13(14(2,3)4)12(17-15)10-11-8-6-7-9-16-11/h6-9,12-13,17H,5,10,15H2,1-4H3. The zero-order valence-electron chi connectivity index (χ0n) is 11.8. The number of hydrogen-bond acceptors (Lipinski definition) is 4. The van der Waals surface area contributed by atoms with Crippen molar-refractivity contribution in [2.24, 2.45) is 11.3 Å². The molecule has 0 radical (unpaired) electrons. The molecule has 0 saturated carbocycles. The first kappa shape index (κ1) is 15.1. The molecule has 4 heteroatoms. The van der Waals surface area contributed by atoms with Crippen LogP contribution in [0.25, 0.3) is 0 Å². The fraction of sp³-hybridized carbons (Fsp3) is 0.643. The summed E-state index contributed by atoms with van der Waals surface area (Å²) in [4.78, 5) is 4.34. The molecule has 0 saturated heterocycles. The summed E-state index contributed by atoms with van der Waals surface area (Å²) in [5, 5.41) is 0. The molecule has 1 aromatic heterocycles. The molecule has 0 bridgehead atoms. The molecule has 3 N–H and O–H groups in total. The lowest BCUT2D eigenvalue weighted by atomic mass is 9.83. The first-order chi connectivity index (χ1) is 8.49. The van der Waals surface area contributed by atoms with E-state index in [1.807, 2.05) is 25.1 Å². The molecule has 2 unspecified atom stereocenters. The van der Waals surface area contributed by atoms with Crippen molar-refractivity contribution in [1.82, 2.24) is 10.4 Å². The third-order valence-corrected chi connectivity index (χ3v) is 2.93. The van der Waals surface area contributed by atoms with Gasteiger partial charge in [-0.3, -0.25) is 16.3 Å². The van der Waals surface area contributed by atoms with Crippen LogP contribution in [0.4, 0.5) is 0 Å². The first-order valence-corrected chi connectivity index (χ1v) is 6.46.